The predicted octanol–water partition coefficient (Wildman–Crippen LogP) is 2.82. The van der Waals surface area contributed by atoms with Crippen LogP contribution in [-0.2, 0) is 0 Å². The largest absolute Gasteiger partial charge is 0.497 e. The van der Waals surface area contributed by atoms with E-state index in [0.29, 0.717) is 5.56 Å². The van der Waals surface area contributed by atoms with Gasteiger partial charge in [-0.3, -0.25) is 4.79 Å². The smallest absolute Gasteiger partial charge is 0.251 e. The van der Waals surface area contributed by atoms with Gasteiger partial charge in [0.1, 0.15) is 16.7 Å². The standard InChI is InChI=1S/C15H16ClN3O2/c1-9(10-3-5-12(21-2)6-4-10)18-15(20)11-7-13(16)19-14(17)8-11/h3-9H,1-2H3,(H2,17,19)(H,18,20). The van der Waals surface area contributed by atoms with Gasteiger partial charge >= 0.3 is 0 Å². The SMILES string of the molecule is COc1ccc(C(C)NC(=O)c2cc(N)nc(Cl)c2)cc1. The van der Waals surface area contributed by atoms with Crippen molar-refractivity contribution in [3.63, 3.8) is 0 Å². The summed E-state index contributed by atoms with van der Waals surface area (Å²) in [7, 11) is 1.61. The molecule has 0 bridgehead atoms. The van der Waals surface area contributed by atoms with Crippen LogP contribution >= 0.6 is 11.6 Å². The number of carbonyl (C=O) groups is 1. The maximum atomic E-state index is 12.2. The summed E-state index contributed by atoms with van der Waals surface area (Å²) in [6, 6.07) is 10.3. The zero-order chi connectivity index (χ0) is 15.4. The molecule has 21 heavy (non-hydrogen) atoms. The Bertz CT molecular complexity index is 624. The van der Waals surface area contributed by atoms with E-state index in [0.717, 1.165) is 11.3 Å². The first-order chi connectivity index (χ1) is 9.99. The molecule has 3 N–H and O–H groups in total. The molecule has 0 aliphatic rings. The van der Waals surface area contributed by atoms with Crippen molar-refractivity contribution in [2.45, 2.75) is 13.0 Å². The number of amides is 1. The molecule has 1 atom stereocenters. The molecule has 6 heteroatoms. The number of nitrogens with two attached hydrogens (primary N) is 1. The van der Waals surface area contributed by atoms with E-state index in [-0.39, 0.29) is 22.9 Å². The number of nitrogens with zero attached hydrogens (tertiary/aromatic N) is 1. The van der Waals surface area contributed by atoms with E-state index in [4.69, 9.17) is 22.1 Å². The van der Waals surface area contributed by atoms with Crippen molar-refractivity contribution in [2.75, 3.05) is 12.8 Å². The second-order valence-electron chi connectivity index (χ2n) is 4.57. The number of nitrogen functional groups attached to an aromatic ring is 1. The summed E-state index contributed by atoms with van der Waals surface area (Å²) in [6.07, 6.45) is 0. The van der Waals surface area contributed by atoms with Crippen LogP contribution in [0.3, 0.4) is 0 Å². The minimum atomic E-state index is -0.255. The highest BCUT2D eigenvalue weighted by molar-refractivity contribution is 6.29. The van der Waals surface area contributed by atoms with Crippen molar-refractivity contribution in [2.24, 2.45) is 0 Å². The van der Waals surface area contributed by atoms with Gasteiger partial charge < -0.3 is 15.8 Å². The fraction of sp³-hybridized carbons (Fsp3) is 0.200. The minimum Gasteiger partial charge on any atom is -0.497 e. The number of anilines is 1. The molecule has 0 spiro atoms. The van der Waals surface area contributed by atoms with Crippen molar-refractivity contribution < 1.29 is 9.53 Å². The molecule has 1 unspecified atom stereocenters. The lowest BCUT2D eigenvalue weighted by atomic mass is 10.1. The Hall–Kier alpha value is -2.27. The summed E-state index contributed by atoms with van der Waals surface area (Å²) in [5.74, 6) is 0.727. The summed E-state index contributed by atoms with van der Waals surface area (Å²) in [5, 5.41) is 3.07. The third kappa shape index (κ3) is 3.86. The zero-order valence-electron chi connectivity index (χ0n) is 11.8. The Morgan fingerprint density at radius 2 is 2.00 bits per heavy atom. The van der Waals surface area contributed by atoms with E-state index in [1.807, 2.05) is 31.2 Å². The maximum absolute atomic E-state index is 12.2. The Labute approximate surface area is 128 Å². The first-order valence-corrected chi connectivity index (χ1v) is 6.75. The lowest BCUT2D eigenvalue weighted by molar-refractivity contribution is 0.0940. The summed E-state index contributed by atoms with van der Waals surface area (Å²) in [4.78, 5) is 16.0. The van der Waals surface area contributed by atoms with E-state index in [9.17, 15) is 4.79 Å². The van der Waals surface area contributed by atoms with Crippen LogP contribution in [0.15, 0.2) is 36.4 Å². The van der Waals surface area contributed by atoms with E-state index in [2.05, 4.69) is 10.3 Å². The van der Waals surface area contributed by atoms with Gasteiger partial charge in [-0.05, 0) is 36.8 Å². The fourth-order valence-corrected chi connectivity index (χ4v) is 2.12. The summed E-state index contributed by atoms with van der Waals surface area (Å²) >= 11 is 5.80. The number of methoxy groups -OCH3 is 1. The summed E-state index contributed by atoms with van der Waals surface area (Å²) in [6.45, 7) is 1.89. The van der Waals surface area contributed by atoms with Gasteiger partial charge in [-0.2, -0.15) is 0 Å². The molecule has 0 radical (unpaired) electrons. The molecular weight excluding hydrogens is 290 g/mol. The Kier molecular flexibility index (Phi) is 4.65. The van der Waals surface area contributed by atoms with Crippen LogP contribution in [0, 0.1) is 0 Å². The highest BCUT2D eigenvalue weighted by Crippen LogP contribution is 2.18. The van der Waals surface area contributed by atoms with Crippen LogP contribution in [0.4, 0.5) is 5.82 Å². The third-order valence-electron chi connectivity index (χ3n) is 3.04. The van der Waals surface area contributed by atoms with Gasteiger partial charge in [0.15, 0.2) is 0 Å². The molecule has 2 rings (SSSR count). The summed E-state index contributed by atoms with van der Waals surface area (Å²) < 4.78 is 5.10. The van der Waals surface area contributed by atoms with Gasteiger partial charge in [-0.25, -0.2) is 4.98 Å². The van der Waals surface area contributed by atoms with E-state index in [1.54, 1.807) is 7.11 Å². The molecule has 1 heterocycles. The number of rotatable bonds is 4. The first kappa shape index (κ1) is 15.1. The second-order valence-corrected chi connectivity index (χ2v) is 4.96. The van der Waals surface area contributed by atoms with Crippen LogP contribution in [0.2, 0.25) is 5.15 Å². The van der Waals surface area contributed by atoms with Crippen LogP contribution in [0.25, 0.3) is 0 Å². The number of halogens is 1. The second kappa shape index (κ2) is 6.45. The number of hydrogen-bond donors (Lipinski definition) is 2. The number of hydrogen-bond acceptors (Lipinski definition) is 4. The van der Waals surface area contributed by atoms with E-state index < -0.39 is 0 Å². The molecule has 0 saturated carbocycles. The number of pyridine rings is 1. The lowest BCUT2D eigenvalue weighted by Gasteiger charge is -2.15. The molecule has 0 fully saturated rings. The van der Waals surface area contributed by atoms with Gasteiger partial charge in [-0.1, -0.05) is 23.7 Å². The van der Waals surface area contributed by atoms with Crippen LogP contribution < -0.4 is 15.8 Å². The highest BCUT2D eigenvalue weighted by atomic mass is 35.5. The van der Waals surface area contributed by atoms with E-state index >= 15 is 0 Å². The molecule has 0 aliphatic heterocycles. The summed E-state index contributed by atoms with van der Waals surface area (Å²) in [5.41, 5.74) is 6.93. The molecule has 5 nitrogen and oxygen atoms in total. The third-order valence-corrected chi connectivity index (χ3v) is 3.23. The van der Waals surface area contributed by atoms with Gasteiger partial charge in [0.05, 0.1) is 13.2 Å². The van der Waals surface area contributed by atoms with Gasteiger partial charge in [-0.15, -0.1) is 0 Å². The van der Waals surface area contributed by atoms with Gasteiger partial charge in [0, 0.05) is 5.56 Å². The normalized spacial score (nSPS) is 11.8. The number of benzene rings is 1. The van der Waals surface area contributed by atoms with Gasteiger partial charge in [0.2, 0.25) is 0 Å². The average Bonchev–Trinajstić information content (AvgIpc) is 2.46. The number of carbonyl (C=O) groups excluding carboxylic acids is 1. The highest BCUT2D eigenvalue weighted by Gasteiger charge is 2.13. The molecule has 1 aromatic heterocycles. The number of aromatic nitrogens is 1. The quantitative estimate of drug-likeness (QED) is 0.852. The molecule has 0 aliphatic carbocycles. The monoisotopic (exact) mass is 305 g/mol. The van der Waals surface area contributed by atoms with Crippen molar-refractivity contribution in [3.05, 3.63) is 52.7 Å². The molecular formula is C15H16ClN3O2. The Morgan fingerprint density at radius 3 is 2.57 bits per heavy atom. The van der Waals surface area contributed by atoms with E-state index in [1.165, 1.54) is 12.1 Å². The fourth-order valence-electron chi connectivity index (χ4n) is 1.90. The average molecular weight is 306 g/mol. The van der Waals surface area contributed by atoms with Crippen molar-refractivity contribution in [1.82, 2.24) is 10.3 Å². The Morgan fingerprint density at radius 1 is 1.33 bits per heavy atom. The van der Waals surface area contributed by atoms with Crippen LogP contribution in [0.1, 0.15) is 28.9 Å². The lowest BCUT2D eigenvalue weighted by Crippen LogP contribution is -2.26. The zero-order valence-corrected chi connectivity index (χ0v) is 12.5. The predicted molar refractivity (Wildman–Crippen MR) is 82.5 cm³/mol. The minimum absolute atomic E-state index is 0.156. The Balaban J connectivity index is 2.10. The maximum Gasteiger partial charge on any atom is 0.251 e. The number of ether oxygens (including phenoxy) is 1. The molecule has 1 aromatic carbocycles. The molecule has 2 aromatic rings. The number of nitrogens with one attached hydrogen (secondary N) is 1. The van der Waals surface area contributed by atoms with Crippen molar-refractivity contribution >= 4 is 23.3 Å². The first-order valence-electron chi connectivity index (χ1n) is 6.37. The van der Waals surface area contributed by atoms with Crippen LogP contribution in [-0.4, -0.2) is 18.0 Å². The van der Waals surface area contributed by atoms with Gasteiger partial charge in [0.25, 0.3) is 5.91 Å². The molecule has 0 saturated heterocycles. The topological polar surface area (TPSA) is 77.2 Å². The molecule has 110 valence electrons. The van der Waals surface area contributed by atoms with Crippen molar-refractivity contribution in [1.29, 1.82) is 0 Å². The molecule has 1 amide bonds. The van der Waals surface area contributed by atoms with Crippen LogP contribution in [0.5, 0.6) is 5.75 Å². The van der Waals surface area contributed by atoms with Crippen molar-refractivity contribution in [3.8, 4) is 5.75 Å².